The molecule has 0 bridgehead atoms. The number of imidazole rings is 1. The molecular weight excluding hydrogens is 350 g/mol. The monoisotopic (exact) mass is 369 g/mol. The van der Waals surface area contributed by atoms with E-state index in [1.165, 1.54) is 12.0 Å². The van der Waals surface area contributed by atoms with Gasteiger partial charge < -0.3 is 24.4 Å². The van der Waals surface area contributed by atoms with Crippen LogP contribution in [0.3, 0.4) is 0 Å². The predicted octanol–water partition coefficient (Wildman–Crippen LogP) is 2.20. The van der Waals surface area contributed by atoms with Crippen molar-refractivity contribution in [3.05, 3.63) is 71.3 Å². The van der Waals surface area contributed by atoms with Crippen molar-refractivity contribution in [2.75, 3.05) is 14.2 Å². The second-order valence-electron chi connectivity index (χ2n) is 6.09. The highest BCUT2D eigenvalue weighted by Gasteiger charge is 2.40. The number of nitrogens with zero attached hydrogens (tertiary/aromatic N) is 3. The summed E-state index contributed by atoms with van der Waals surface area (Å²) < 4.78 is 7.07. The fourth-order valence-electron chi connectivity index (χ4n) is 3.34. The molecule has 0 radical (unpaired) electrons. The maximum absolute atomic E-state index is 12.0. The highest BCUT2D eigenvalue weighted by atomic mass is 16.5. The van der Waals surface area contributed by atoms with Gasteiger partial charge >= 0.3 is 11.9 Å². The van der Waals surface area contributed by atoms with Gasteiger partial charge in [-0.25, -0.2) is 14.6 Å². The molecule has 0 saturated heterocycles. The van der Waals surface area contributed by atoms with Crippen molar-refractivity contribution in [3.8, 4) is 5.69 Å². The molecule has 2 N–H and O–H groups in total. The van der Waals surface area contributed by atoms with Crippen LogP contribution in [0.2, 0.25) is 0 Å². The minimum absolute atomic E-state index is 0.00141. The zero-order valence-corrected chi connectivity index (χ0v) is 15.1. The maximum Gasteiger partial charge on any atom is 0.337 e. The molecule has 1 aromatic carbocycles. The number of aromatic nitrogens is 2. The molecule has 140 valence electrons. The van der Waals surface area contributed by atoms with Gasteiger partial charge in [0.15, 0.2) is 0 Å². The molecule has 0 amide bonds. The fourth-order valence-corrected chi connectivity index (χ4v) is 3.34. The van der Waals surface area contributed by atoms with Gasteiger partial charge in [-0.3, -0.25) is 0 Å². The molecule has 3 rings (SSSR count). The van der Waals surface area contributed by atoms with Crippen LogP contribution in [0.1, 0.15) is 18.4 Å². The Morgan fingerprint density at radius 1 is 1.19 bits per heavy atom. The van der Waals surface area contributed by atoms with Crippen LogP contribution in [0.15, 0.2) is 65.7 Å². The molecule has 2 aromatic rings. The van der Waals surface area contributed by atoms with E-state index in [0.29, 0.717) is 11.3 Å². The molecule has 0 spiro atoms. The van der Waals surface area contributed by atoms with Crippen LogP contribution in [0.5, 0.6) is 0 Å². The molecular formula is C19H19N3O5. The molecule has 1 aliphatic heterocycles. The Bertz CT molecular complexity index is 959. The topological polar surface area (TPSA) is 105 Å². The van der Waals surface area contributed by atoms with Crippen LogP contribution in [0, 0.1) is 0 Å². The number of allylic oxidation sites excluding steroid dienone is 1. The summed E-state index contributed by atoms with van der Waals surface area (Å²) in [4.78, 5) is 29.5. The zero-order chi connectivity index (χ0) is 19.7. The normalized spacial score (nSPS) is 17.3. The van der Waals surface area contributed by atoms with E-state index in [2.05, 4.69) is 4.98 Å². The standard InChI is InChI=1S/C19H19N3O5/c1-11-14(18(23)24)15(16(19(25)26)17(27-3)21(11)2)12-5-4-6-13(9-12)22-8-7-20-10-22/h4-10,15H,1-3H3,(H,23,24)(H,25,26). The second kappa shape index (κ2) is 6.99. The van der Waals surface area contributed by atoms with E-state index in [0.717, 1.165) is 5.69 Å². The Balaban J connectivity index is 2.26. The van der Waals surface area contributed by atoms with Gasteiger partial charge in [0.05, 0.1) is 24.9 Å². The number of rotatable bonds is 5. The quantitative estimate of drug-likeness (QED) is 0.832. The van der Waals surface area contributed by atoms with Crippen LogP contribution < -0.4 is 0 Å². The average Bonchev–Trinajstić information content (AvgIpc) is 3.17. The third kappa shape index (κ3) is 3.05. The van der Waals surface area contributed by atoms with Gasteiger partial charge in [-0.1, -0.05) is 12.1 Å². The van der Waals surface area contributed by atoms with E-state index in [9.17, 15) is 19.8 Å². The Labute approximate surface area is 155 Å². The Morgan fingerprint density at radius 2 is 1.89 bits per heavy atom. The van der Waals surface area contributed by atoms with E-state index < -0.39 is 17.9 Å². The van der Waals surface area contributed by atoms with Gasteiger partial charge in [0.2, 0.25) is 5.88 Å². The fraction of sp³-hybridized carbons (Fsp3) is 0.211. The maximum atomic E-state index is 12.0. The van der Waals surface area contributed by atoms with E-state index in [1.54, 1.807) is 55.5 Å². The first-order chi connectivity index (χ1) is 12.9. The van der Waals surface area contributed by atoms with E-state index in [-0.39, 0.29) is 17.0 Å². The Hall–Kier alpha value is -3.55. The summed E-state index contributed by atoms with van der Waals surface area (Å²) in [6.45, 7) is 1.63. The molecule has 1 aliphatic rings. The number of carboxylic acid groups (broad SMARTS) is 2. The van der Waals surface area contributed by atoms with Crippen LogP contribution in [0.4, 0.5) is 0 Å². The van der Waals surface area contributed by atoms with Gasteiger partial charge in [-0.15, -0.1) is 0 Å². The molecule has 0 saturated carbocycles. The zero-order valence-electron chi connectivity index (χ0n) is 15.1. The molecule has 1 atom stereocenters. The van der Waals surface area contributed by atoms with Crippen LogP contribution in [-0.2, 0) is 14.3 Å². The summed E-state index contributed by atoms with van der Waals surface area (Å²) in [5.74, 6) is -3.27. The number of ether oxygens (including phenoxy) is 1. The summed E-state index contributed by atoms with van der Waals surface area (Å²) in [5, 5.41) is 19.6. The van der Waals surface area contributed by atoms with Gasteiger partial charge in [0.1, 0.15) is 5.57 Å². The lowest BCUT2D eigenvalue weighted by Gasteiger charge is -2.34. The number of carbonyl (C=O) groups is 2. The van der Waals surface area contributed by atoms with Crippen molar-refractivity contribution < 1.29 is 24.5 Å². The van der Waals surface area contributed by atoms with Gasteiger partial charge in [-0.05, 0) is 24.6 Å². The number of methoxy groups -OCH3 is 1. The van der Waals surface area contributed by atoms with Gasteiger partial charge in [-0.2, -0.15) is 0 Å². The molecule has 0 fully saturated rings. The van der Waals surface area contributed by atoms with E-state index in [4.69, 9.17) is 4.74 Å². The molecule has 8 heteroatoms. The minimum Gasteiger partial charge on any atom is -0.482 e. The molecule has 2 heterocycles. The molecule has 1 unspecified atom stereocenters. The summed E-state index contributed by atoms with van der Waals surface area (Å²) >= 11 is 0. The predicted molar refractivity (Wildman–Crippen MR) is 96.1 cm³/mol. The first-order valence-corrected chi connectivity index (χ1v) is 8.14. The first-order valence-electron chi connectivity index (χ1n) is 8.14. The molecule has 1 aromatic heterocycles. The van der Waals surface area contributed by atoms with Crippen LogP contribution in [0.25, 0.3) is 5.69 Å². The number of aliphatic carboxylic acids is 2. The average molecular weight is 369 g/mol. The van der Waals surface area contributed by atoms with Gasteiger partial charge in [0, 0.05) is 30.8 Å². The third-order valence-corrected chi connectivity index (χ3v) is 4.67. The minimum atomic E-state index is -1.23. The van der Waals surface area contributed by atoms with Crippen molar-refractivity contribution in [2.24, 2.45) is 0 Å². The van der Waals surface area contributed by atoms with Crippen LogP contribution in [-0.4, -0.2) is 50.8 Å². The van der Waals surface area contributed by atoms with Crippen LogP contribution >= 0.6 is 0 Å². The molecule has 27 heavy (non-hydrogen) atoms. The van der Waals surface area contributed by atoms with Crippen molar-refractivity contribution in [1.29, 1.82) is 0 Å². The highest BCUT2D eigenvalue weighted by Crippen LogP contribution is 2.42. The molecule has 0 aliphatic carbocycles. The second-order valence-corrected chi connectivity index (χ2v) is 6.09. The number of hydrogen-bond acceptors (Lipinski definition) is 5. The van der Waals surface area contributed by atoms with Crippen molar-refractivity contribution in [1.82, 2.24) is 14.5 Å². The lowest BCUT2D eigenvalue weighted by molar-refractivity contribution is -0.134. The summed E-state index contributed by atoms with van der Waals surface area (Å²) in [5.41, 5.74) is 1.58. The molecule has 8 nitrogen and oxygen atoms in total. The van der Waals surface area contributed by atoms with E-state index >= 15 is 0 Å². The van der Waals surface area contributed by atoms with E-state index in [1.807, 2.05) is 6.07 Å². The van der Waals surface area contributed by atoms with Crippen molar-refractivity contribution in [3.63, 3.8) is 0 Å². The number of carboxylic acids is 2. The first kappa shape index (κ1) is 18.2. The summed E-state index contributed by atoms with van der Waals surface area (Å²) in [6, 6.07) is 7.05. The van der Waals surface area contributed by atoms with Crippen molar-refractivity contribution in [2.45, 2.75) is 12.8 Å². The summed E-state index contributed by atoms with van der Waals surface area (Å²) in [6.07, 6.45) is 4.99. The smallest absolute Gasteiger partial charge is 0.337 e. The lowest BCUT2D eigenvalue weighted by Crippen LogP contribution is -2.33. The lowest BCUT2D eigenvalue weighted by atomic mass is 9.81. The Morgan fingerprint density at radius 3 is 2.44 bits per heavy atom. The number of benzene rings is 1. The number of hydrogen-bond donors (Lipinski definition) is 2. The Kier molecular flexibility index (Phi) is 4.72. The third-order valence-electron chi connectivity index (χ3n) is 4.67. The summed E-state index contributed by atoms with van der Waals surface area (Å²) in [7, 11) is 2.95. The SMILES string of the molecule is COC1=C(C(=O)O)C(c2cccc(-n3ccnc3)c2)C(C(=O)O)=C(C)N1C. The van der Waals surface area contributed by atoms with Gasteiger partial charge in [0.25, 0.3) is 0 Å². The highest BCUT2D eigenvalue weighted by molar-refractivity contribution is 5.98. The largest absolute Gasteiger partial charge is 0.482 e. The van der Waals surface area contributed by atoms with Crippen molar-refractivity contribution >= 4 is 11.9 Å².